The Kier molecular flexibility index (Phi) is 5.86. The molecule has 9 heteroatoms. The number of rotatable bonds is 5. The number of aromatic amines is 1. The zero-order valence-corrected chi connectivity index (χ0v) is 16.9. The molecule has 2 aromatic heterocycles. The first kappa shape index (κ1) is 20.0. The second-order valence-corrected chi connectivity index (χ2v) is 7.40. The molecule has 4 rings (SSSR count). The number of benzene rings is 2. The van der Waals surface area contributed by atoms with Gasteiger partial charge in [-0.2, -0.15) is 5.10 Å². The second kappa shape index (κ2) is 9.06. The van der Waals surface area contributed by atoms with Gasteiger partial charge in [0.2, 0.25) is 0 Å². The maximum absolute atomic E-state index is 12.4. The second-order valence-electron chi connectivity index (χ2n) is 6.45. The Morgan fingerprint density at radius 2 is 1.61 bits per heavy atom. The van der Waals surface area contributed by atoms with Gasteiger partial charge in [-0.05, 0) is 35.7 Å². The molecule has 0 radical (unpaired) electrons. The Labute approximate surface area is 181 Å². The number of nitrogens with one attached hydrogen (secondary N) is 4. The molecule has 0 bridgehead atoms. The van der Waals surface area contributed by atoms with E-state index in [1.54, 1.807) is 36.4 Å². The van der Waals surface area contributed by atoms with E-state index in [1.165, 1.54) is 17.4 Å². The van der Waals surface area contributed by atoms with Crippen molar-refractivity contribution in [2.45, 2.75) is 0 Å². The molecule has 0 aliphatic heterocycles. The minimum absolute atomic E-state index is 0.205. The number of hydrogen-bond acceptors (Lipinski definition) is 5. The van der Waals surface area contributed by atoms with Crippen molar-refractivity contribution in [1.29, 1.82) is 0 Å². The number of carbonyl (C=O) groups is 3. The summed E-state index contributed by atoms with van der Waals surface area (Å²) < 4.78 is 0. The average Bonchev–Trinajstić information content (AvgIpc) is 3.51. The number of thiophene rings is 1. The molecule has 0 aliphatic rings. The first-order valence-corrected chi connectivity index (χ1v) is 10.1. The van der Waals surface area contributed by atoms with Crippen LogP contribution >= 0.6 is 11.3 Å². The molecule has 0 fully saturated rings. The molecule has 0 aliphatic carbocycles. The van der Waals surface area contributed by atoms with Crippen LogP contribution in [0.1, 0.15) is 30.5 Å². The van der Waals surface area contributed by atoms with Crippen molar-refractivity contribution in [3.63, 3.8) is 0 Å². The third kappa shape index (κ3) is 4.85. The van der Waals surface area contributed by atoms with Crippen molar-refractivity contribution < 1.29 is 14.4 Å². The van der Waals surface area contributed by atoms with E-state index in [9.17, 15) is 14.4 Å². The topological polar surface area (TPSA) is 116 Å². The molecule has 0 saturated heterocycles. The van der Waals surface area contributed by atoms with Crippen LogP contribution in [0.3, 0.4) is 0 Å². The van der Waals surface area contributed by atoms with Crippen LogP contribution in [0.25, 0.3) is 11.3 Å². The van der Waals surface area contributed by atoms with Crippen molar-refractivity contribution >= 4 is 34.7 Å². The molecule has 4 N–H and O–H groups in total. The van der Waals surface area contributed by atoms with E-state index >= 15 is 0 Å². The Morgan fingerprint density at radius 3 is 2.39 bits per heavy atom. The number of nitrogens with zero attached hydrogens (tertiary/aromatic N) is 1. The van der Waals surface area contributed by atoms with Crippen LogP contribution in [0, 0.1) is 0 Å². The summed E-state index contributed by atoms with van der Waals surface area (Å²) in [7, 11) is 0. The van der Waals surface area contributed by atoms with Gasteiger partial charge >= 0.3 is 0 Å². The van der Waals surface area contributed by atoms with E-state index < -0.39 is 11.8 Å². The van der Waals surface area contributed by atoms with Gasteiger partial charge in [0.25, 0.3) is 17.7 Å². The average molecular weight is 431 g/mol. The zero-order chi connectivity index (χ0) is 21.6. The Hall–Kier alpha value is -4.24. The van der Waals surface area contributed by atoms with Gasteiger partial charge in [0.1, 0.15) is 5.69 Å². The number of anilines is 1. The monoisotopic (exact) mass is 431 g/mol. The molecule has 0 unspecified atom stereocenters. The summed E-state index contributed by atoms with van der Waals surface area (Å²) in [6, 6.07) is 20.9. The summed E-state index contributed by atoms with van der Waals surface area (Å²) in [6.45, 7) is 0. The van der Waals surface area contributed by atoms with E-state index in [4.69, 9.17) is 0 Å². The SMILES string of the molecule is O=C(NNC(=O)c1cc(-c2ccccc2)n[nH]1)c1cccc(NC(=O)c2cccs2)c1. The smallest absolute Gasteiger partial charge is 0.287 e. The molecule has 0 saturated carbocycles. The molecule has 31 heavy (non-hydrogen) atoms. The van der Waals surface area contributed by atoms with Gasteiger partial charge in [0.15, 0.2) is 0 Å². The minimum Gasteiger partial charge on any atom is -0.321 e. The summed E-state index contributed by atoms with van der Waals surface area (Å²) in [5, 5.41) is 11.3. The van der Waals surface area contributed by atoms with Gasteiger partial charge in [-0.25, -0.2) is 0 Å². The highest BCUT2D eigenvalue weighted by molar-refractivity contribution is 7.12. The Morgan fingerprint density at radius 1 is 0.806 bits per heavy atom. The molecular weight excluding hydrogens is 414 g/mol. The lowest BCUT2D eigenvalue weighted by Crippen LogP contribution is -2.41. The van der Waals surface area contributed by atoms with Gasteiger partial charge < -0.3 is 5.32 Å². The highest BCUT2D eigenvalue weighted by atomic mass is 32.1. The zero-order valence-electron chi connectivity index (χ0n) is 16.1. The molecule has 0 atom stereocenters. The van der Waals surface area contributed by atoms with Gasteiger partial charge in [0.05, 0.1) is 10.6 Å². The third-order valence-corrected chi connectivity index (χ3v) is 5.18. The molecule has 2 aromatic carbocycles. The fourth-order valence-corrected chi connectivity index (χ4v) is 3.41. The number of hydrazine groups is 1. The number of H-pyrrole nitrogens is 1. The predicted molar refractivity (Wildman–Crippen MR) is 118 cm³/mol. The number of carbonyl (C=O) groups excluding carboxylic acids is 3. The summed E-state index contributed by atoms with van der Waals surface area (Å²) in [5.41, 5.74) is 7.14. The summed E-state index contributed by atoms with van der Waals surface area (Å²) in [6.07, 6.45) is 0. The molecule has 8 nitrogen and oxygen atoms in total. The van der Waals surface area contributed by atoms with Crippen molar-refractivity contribution in [2.24, 2.45) is 0 Å². The van der Waals surface area contributed by atoms with E-state index in [0.717, 1.165) is 5.56 Å². The Balaban J connectivity index is 1.36. The molecular formula is C22H17N5O3S. The van der Waals surface area contributed by atoms with Gasteiger partial charge in [-0.1, -0.05) is 42.5 Å². The van der Waals surface area contributed by atoms with E-state index in [-0.39, 0.29) is 17.2 Å². The lowest BCUT2D eigenvalue weighted by Gasteiger charge is -2.08. The number of aromatic nitrogens is 2. The molecule has 0 spiro atoms. The number of hydrogen-bond donors (Lipinski definition) is 4. The highest BCUT2D eigenvalue weighted by Crippen LogP contribution is 2.17. The first-order valence-electron chi connectivity index (χ1n) is 9.26. The van der Waals surface area contributed by atoms with Crippen molar-refractivity contribution in [2.75, 3.05) is 5.32 Å². The van der Waals surface area contributed by atoms with E-state index in [1.807, 2.05) is 35.7 Å². The summed E-state index contributed by atoms with van der Waals surface area (Å²) >= 11 is 1.32. The van der Waals surface area contributed by atoms with Crippen molar-refractivity contribution in [3.8, 4) is 11.3 Å². The standard InChI is InChI=1S/C22H17N5O3S/c28-20(15-8-4-9-16(12-15)23-22(30)19-10-5-11-31-19)26-27-21(29)18-13-17(24-25-18)14-6-2-1-3-7-14/h1-13H,(H,23,30)(H,24,25)(H,26,28)(H,27,29). The largest absolute Gasteiger partial charge is 0.321 e. The molecule has 4 aromatic rings. The third-order valence-electron chi connectivity index (χ3n) is 4.31. The van der Waals surface area contributed by atoms with Crippen LogP contribution in [0.4, 0.5) is 5.69 Å². The summed E-state index contributed by atoms with van der Waals surface area (Å²) in [5.74, 6) is -1.32. The van der Waals surface area contributed by atoms with Crippen LogP contribution < -0.4 is 16.2 Å². The van der Waals surface area contributed by atoms with E-state index in [2.05, 4.69) is 26.4 Å². The molecule has 154 valence electrons. The van der Waals surface area contributed by atoms with Gasteiger partial charge in [0, 0.05) is 16.8 Å². The van der Waals surface area contributed by atoms with Gasteiger partial charge in [-0.15, -0.1) is 11.3 Å². The minimum atomic E-state index is -0.537. The normalized spacial score (nSPS) is 10.3. The predicted octanol–water partition coefficient (Wildman–Crippen LogP) is 3.47. The van der Waals surface area contributed by atoms with Gasteiger partial charge in [-0.3, -0.25) is 30.3 Å². The fourth-order valence-electron chi connectivity index (χ4n) is 2.79. The number of amides is 3. The summed E-state index contributed by atoms with van der Waals surface area (Å²) in [4.78, 5) is 37.5. The Bertz CT molecular complexity index is 1220. The molecule has 3 amide bonds. The maximum Gasteiger partial charge on any atom is 0.287 e. The van der Waals surface area contributed by atoms with E-state index in [0.29, 0.717) is 16.3 Å². The van der Waals surface area contributed by atoms with Crippen LogP contribution in [-0.4, -0.2) is 27.9 Å². The lowest BCUT2D eigenvalue weighted by atomic mass is 10.1. The maximum atomic E-state index is 12.4. The van der Waals surface area contributed by atoms with Crippen LogP contribution in [0.5, 0.6) is 0 Å². The molecule has 2 heterocycles. The van der Waals surface area contributed by atoms with Crippen LogP contribution in [0.15, 0.2) is 78.2 Å². The van der Waals surface area contributed by atoms with Crippen molar-refractivity contribution in [1.82, 2.24) is 21.0 Å². The first-order chi connectivity index (χ1) is 15.1. The lowest BCUT2D eigenvalue weighted by molar-refractivity contribution is 0.0844. The quantitative estimate of drug-likeness (QED) is 0.362. The highest BCUT2D eigenvalue weighted by Gasteiger charge is 2.14. The fraction of sp³-hybridized carbons (Fsp3) is 0. The van der Waals surface area contributed by atoms with Crippen LogP contribution in [-0.2, 0) is 0 Å². The van der Waals surface area contributed by atoms with Crippen LogP contribution in [0.2, 0.25) is 0 Å². The van der Waals surface area contributed by atoms with Crippen molar-refractivity contribution in [3.05, 3.63) is 94.3 Å².